The normalized spacial score (nSPS) is 22.4. The maximum Gasteiger partial charge on any atom is 0.181 e. The summed E-state index contributed by atoms with van der Waals surface area (Å²) in [5, 5.41) is 0. The van der Waals surface area contributed by atoms with Gasteiger partial charge in [-0.2, -0.15) is 0 Å². The molecule has 7 nitrogen and oxygen atoms in total. The van der Waals surface area contributed by atoms with Crippen molar-refractivity contribution < 1.29 is 33.2 Å². The van der Waals surface area contributed by atoms with Crippen LogP contribution in [-0.4, -0.2) is 45.4 Å². The largest absolute Gasteiger partial charge is 0.496 e. The van der Waals surface area contributed by atoms with Gasteiger partial charge in [-0.15, -0.1) is 0 Å². The first-order chi connectivity index (χ1) is 14.9. The van der Waals surface area contributed by atoms with Crippen molar-refractivity contribution in [1.29, 1.82) is 0 Å². The maximum atomic E-state index is 13.8. The molecular formula is C24H26O7. The van der Waals surface area contributed by atoms with E-state index in [0.717, 1.165) is 24.0 Å². The van der Waals surface area contributed by atoms with Crippen molar-refractivity contribution in [3.63, 3.8) is 0 Å². The fraction of sp³-hybridized carbons (Fsp3) is 0.458. The third kappa shape index (κ3) is 2.98. The zero-order valence-electron chi connectivity index (χ0n) is 18.4. The second-order valence-electron chi connectivity index (χ2n) is 8.68. The molecule has 0 N–H and O–H groups in total. The number of methoxy groups -OCH3 is 3. The van der Waals surface area contributed by atoms with Gasteiger partial charge in [0.2, 0.25) is 0 Å². The Labute approximate surface area is 181 Å². The van der Waals surface area contributed by atoms with Crippen LogP contribution in [0.2, 0.25) is 0 Å². The Hall–Kier alpha value is -3.09. The number of rotatable bonds is 3. The molecule has 0 saturated heterocycles. The predicted molar refractivity (Wildman–Crippen MR) is 113 cm³/mol. The van der Waals surface area contributed by atoms with Gasteiger partial charge in [0.1, 0.15) is 46.9 Å². The van der Waals surface area contributed by atoms with Crippen molar-refractivity contribution in [2.75, 3.05) is 27.9 Å². The highest BCUT2D eigenvalue weighted by Gasteiger charge is 2.47. The third-order valence-electron chi connectivity index (χ3n) is 6.31. The number of hydrogen-bond acceptors (Lipinski definition) is 7. The zero-order valence-corrected chi connectivity index (χ0v) is 18.4. The van der Waals surface area contributed by atoms with Crippen LogP contribution in [0.3, 0.4) is 0 Å². The Kier molecular flexibility index (Phi) is 4.46. The molecule has 2 atom stereocenters. The predicted octanol–water partition coefficient (Wildman–Crippen LogP) is 3.94. The van der Waals surface area contributed by atoms with Gasteiger partial charge < -0.3 is 28.4 Å². The van der Waals surface area contributed by atoms with Crippen LogP contribution in [-0.2, 0) is 6.42 Å². The molecule has 5 rings (SSSR count). The second kappa shape index (κ2) is 6.97. The number of ketones is 1. The summed E-state index contributed by atoms with van der Waals surface area (Å²) in [5.41, 5.74) is 1.82. The van der Waals surface area contributed by atoms with E-state index in [9.17, 15) is 4.79 Å². The van der Waals surface area contributed by atoms with Gasteiger partial charge in [0.05, 0.1) is 27.2 Å². The van der Waals surface area contributed by atoms with E-state index in [1.807, 2.05) is 6.07 Å². The van der Waals surface area contributed by atoms with Crippen molar-refractivity contribution >= 4 is 5.78 Å². The number of ether oxygens (including phenoxy) is 6. The molecule has 3 aliphatic heterocycles. The summed E-state index contributed by atoms with van der Waals surface area (Å²) in [6.07, 6.45) is 1.15. The number of benzene rings is 2. The Morgan fingerprint density at radius 3 is 2.35 bits per heavy atom. The molecule has 0 amide bonds. The topological polar surface area (TPSA) is 72.5 Å². The Morgan fingerprint density at radius 2 is 1.65 bits per heavy atom. The van der Waals surface area contributed by atoms with Gasteiger partial charge in [0.25, 0.3) is 0 Å². The van der Waals surface area contributed by atoms with Crippen LogP contribution < -0.4 is 28.4 Å². The fourth-order valence-corrected chi connectivity index (χ4v) is 4.71. The molecule has 164 valence electrons. The van der Waals surface area contributed by atoms with Crippen LogP contribution in [0.5, 0.6) is 34.5 Å². The quantitative estimate of drug-likeness (QED) is 0.736. The average molecular weight is 426 g/mol. The van der Waals surface area contributed by atoms with E-state index >= 15 is 0 Å². The lowest BCUT2D eigenvalue weighted by Gasteiger charge is -2.40. The summed E-state index contributed by atoms with van der Waals surface area (Å²) in [4.78, 5) is 13.8. The number of carbonyl (C=O) groups excluding carboxylic acids is 1. The van der Waals surface area contributed by atoms with E-state index in [0.29, 0.717) is 40.1 Å². The fourth-order valence-electron chi connectivity index (χ4n) is 4.71. The Morgan fingerprint density at radius 1 is 0.968 bits per heavy atom. The van der Waals surface area contributed by atoms with E-state index in [2.05, 4.69) is 13.8 Å². The summed E-state index contributed by atoms with van der Waals surface area (Å²) in [6.45, 7) is 4.37. The van der Waals surface area contributed by atoms with E-state index in [1.54, 1.807) is 33.5 Å². The molecule has 3 aliphatic rings. The standard InChI is InChI=1S/C24H26O7/c1-24(2)7-6-12-15(31-24)10-18(28-5)21-22(25)20-13-8-16(26-3)17(27-4)9-14(13)29-11-19(20)30-23(12)21/h8-10,19-20H,6-7,11H2,1-5H3. The first-order valence-electron chi connectivity index (χ1n) is 10.4. The van der Waals surface area contributed by atoms with Crippen LogP contribution in [0.1, 0.15) is 47.7 Å². The molecule has 3 heterocycles. The molecular weight excluding hydrogens is 400 g/mol. The van der Waals surface area contributed by atoms with Crippen molar-refractivity contribution in [2.45, 2.75) is 44.3 Å². The molecule has 0 saturated carbocycles. The van der Waals surface area contributed by atoms with Crippen molar-refractivity contribution in [1.82, 2.24) is 0 Å². The van der Waals surface area contributed by atoms with Crippen molar-refractivity contribution in [3.8, 4) is 34.5 Å². The van der Waals surface area contributed by atoms with Crippen molar-refractivity contribution in [3.05, 3.63) is 34.9 Å². The molecule has 0 bridgehead atoms. The van der Waals surface area contributed by atoms with Crippen molar-refractivity contribution in [2.24, 2.45) is 0 Å². The minimum absolute atomic E-state index is 0.0486. The third-order valence-corrected chi connectivity index (χ3v) is 6.31. The summed E-state index contributed by atoms with van der Waals surface area (Å²) < 4.78 is 35.0. The Bertz CT molecular complexity index is 1070. The highest BCUT2D eigenvalue weighted by atomic mass is 16.5. The van der Waals surface area contributed by atoms with E-state index in [-0.39, 0.29) is 18.0 Å². The Balaban J connectivity index is 1.65. The number of carbonyl (C=O) groups is 1. The molecule has 0 aliphatic carbocycles. The lowest BCUT2D eigenvalue weighted by Crippen LogP contribution is -2.44. The second-order valence-corrected chi connectivity index (χ2v) is 8.68. The average Bonchev–Trinajstić information content (AvgIpc) is 2.76. The smallest absolute Gasteiger partial charge is 0.181 e. The van der Waals surface area contributed by atoms with Crippen LogP contribution in [0.4, 0.5) is 0 Å². The van der Waals surface area contributed by atoms with Crippen LogP contribution in [0.25, 0.3) is 0 Å². The maximum absolute atomic E-state index is 13.8. The SMILES string of the molecule is COc1cc2c(cc1OC)C1C(=O)c3c(OC)cc4c(c3OC1CO2)CCC(C)(C)O4. The molecule has 2 unspecified atom stereocenters. The van der Waals surface area contributed by atoms with E-state index in [4.69, 9.17) is 28.4 Å². The van der Waals surface area contributed by atoms with Gasteiger partial charge in [0.15, 0.2) is 17.3 Å². The minimum atomic E-state index is -0.524. The number of fused-ring (bicyclic) bond motifs is 6. The summed E-state index contributed by atoms with van der Waals surface area (Å²) in [6, 6.07) is 5.37. The highest BCUT2D eigenvalue weighted by molar-refractivity contribution is 6.08. The lowest BCUT2D eigenvalue weighted by atomic mass is 9.80. The van der Waals surface area contributed by atoms with Crippen LogP contribution >= 0.6 is 0 Å². The van der Waals surface area contributed by atoms with Gasteiger partial charge in [0, 0.05) is 23.3 Å². The van der Waals surface area contributed by atoms with Gasteiger partial charge >= 0.3 is 0 Å². The van der Waals surface area contributed by atoms with E-state index in [1.165, 1.54) is 0 Å². The van der Waals surface area contributed by atoms with Gasteiger partial charge in [-0.05, 0) is 32.8 Å². The summed E-state index contributed by atoms with van der Waals surface area (Å²) in [5.74, 6) is 2.85. The molecule has 7 heteroatoms. The molecule has 2 aromatic carbocycles. The summed E-state index contributed by atoms with van der Waals surface area (Å²) in [7, 11) is 4.69. The lowest BCUT2D eigenvalue weighted by molar-refractivity contribution is 0.0512. The number of hydrogen-bond donors (Lipinski definition) is 0. The van der Waals surface area contributed by atoms with Gasteiger partial charge in [-0.3, -0.25) is 4.79 Å². The molecule has 0 spiro atoms. The summed E-state index contributed by atoms with van der Waals surface area (Å²) >= 11 is 0. The molecule has 0 radical (unpaired) electrons. The highest BCUT2D eigenvalue weighted by Crippen LogP contribution is 2.52. The monoisotopic (exact) mass is 426 g/mol. The first-order valence-corrected chi connectivity index (χ1v) is 10.4. The molecule has 2 aromatic rings. The van der Waals surface area contributed by atoms with Crippen LogP contribution in [0.15, 0.2) is 18.2 Å². The molecule has 0 aromatic heterocycles. The zero-order chi connectivity index (χ0) is 21.9. The molecule has 31 heavy (non-hydrogen) atoms. The minimum Gasteiger partial charge on any atom is -0.496 e. The first kappa shape index (κ1) is 19.8. The van der Waals surface area contributed by atoms with E-state index < -0.39 is 12.0 Å². The van der Waals surface area contributed by atoms with Crippen LogP contribution in [0, 0.1) is 0 Å². The van der Waals surface area contributed by atoms with Gasteiger partial charge in [-0.1, -0.05) is 0 Å². The number of Topliss-reactive ketones (excluding diaryl/α,β-unsaturated/α-hetero) is 1. The van der Waals surface area contributed by atoms with Gasteiger partial charge in [-0.25, -0.2) is 0 Å². The molecule has 0 fully saturated rings.